The van der Waals surface area contributed by atoms with Crippen molar-refractivity contribution in [3.8, 4) is 0 Å². The van der Waals surface area contributed by atoms with E-state index in [1.54, 1.807) is 13.0 Å². The number of aromatic nitrogens is 1. The van der Waals surface area contributed by atoms with E-state index in [-0.39, 0.29) is 18.0 Å². The van der Waals surface area contributed by atoms with Crippen molar-refractivity contribution in [2.75, 3.05) is 0 Å². The third-order valence-corrected chi connectivity index (χ3v) is 2.49. The highest BCUT2D eigenvalue weighted by Crippen LogP contribution is 2.06. The van der Waals surface area contributed by atoms with Gasteiger partial charge in [0.05, 0.1) is 17.8 Å². The molecule has 0 saturated carbocycles. The highest BCUT2D eigenvalue weighted by atomic mass is 16.5. The van der Waals surface area contributed by atoms with Crippen LogP contribution in [0.2, 0.25) is 0 Å². The van der Waals surface area contributed by atoms with Gasteiger partial charge in [0.25, 0.3) is 5.91 Å². The summed E-state index contributed by atoms with van der Waals surface area (Å²) in [6.07, 6.45) is 0. The third-order valence-electron chi connectivity index (χ3n) is 2.49. The molecule has 0 aliphatic carbocycles. The number of aromatic carboxylic acids is 1. The van der Waals surface area contributed by atoms with Crippen molar-refractivity contribution in [2.45, 2.75) is 13.5 Å². The van der Waals surface area contributed by atoms with Crippen LogP contribution < -0.4 is 5.32 Å². The lowest BCUT2D eigenvalue weighted by molar-refractivity contribution is 0.0696. The predicted octanol–water partition coefficient (Wildman–Crippen LogP) is 1.61. The highest BCUT2D eigenvalue weighted by molar-refractivity contribution is 5.95. The Bertz CT molecular complexity index is 601. The minimum atomic E-state index is -1.02. The minimum Gasteiger partial charge on any atom is -0.478 e. The lowest BCUT2D eigenvalue weighted by atomic mass is 10.1. The first-order valence-corrected chi connectivity index (χ1v) is 5.60. The first kappa shape index (κ1) is 12.8. The molecule has 0 spiro atoms. The fraction of sp³-hybridized carbons (Fsp3) is 0.154. The van der Waals surface area contributed by atoms with Crippen LogP contribution >= 0.6 is 0 Å². The van der Waals surface area contributed by atoms with Gasteiger partial charge >= 0.3 is 5.97 Å². The standard InChI is InChI=1S/C13H12N2O4/c1-8-6-11(19-15-8)7-14-12(16)9-2-4-10(5-3-9)13(17)18/h2-6H,7H2,1H3,(H,14,16)(H,17,18). The fourth-order valence-electron chi connectivity index (χ4n) is 1.53. The molecule has 6 nitrogen and oxygen atoms in total. The summed E-state index contributed by atoms with van der Waals surface area (Å²) < 4.78 is 4.96. The second kappa shape index (κ2) is 5.34. The second-order valence-corrected chi connectivity index (χ2v) is 4.00. The number of carboxylic acids is 1. The summed E-state index contributed by atoms with van der Waals surface area (Å²) >= 11 is 0. The molecule has 19 heavy (non-hydrogen) atoms. The molecule has 1 amide bonds. The molecule has 0 atom stereocenters. The Morgan fingerprint density at radius 1 is 1.26 bits per heavy atom. The molecule has 2 N–H and O–H groups in total. The Morgan fingerprint density at radius 3 is 2.42 bits per heavy atom. The first-order valence-electron chi connectivity index (χ1n) is 5.60. The monoisotopic (exact) mass is 260 g/mol. The summed E-state index contributed by atoms with van der Waals surface area (Å²) in [7, 11) is 0. The SMILES string of the molecule is Cc1cc(CNC(=O)c2ccc(C(=O)O)cc2)on1. The van der Waals surface area contributed by atoms with Crippen molar-refractivity contribution >= 4 is 11.9 Å². The zero-order chi connectivity index (χ0) is 13.8. The molecule has 0 saturated heterocycles. The number of rotatable bonds is 4. The first-order chi connectivity index (χ1) is 9.06. The van der Waals surface area contributed by atoms with Crippen molar-refractivity contribution in [1.82, 2.24) is 10.5 Å². The summed E-state index contributed by atoms with van der Waals surface area (Å²) in [6, 6.07) is 7.42. The van der Waals surface area contributed by atoms with Crippen LogP contribution in [-0.2, 0) is 6.54 Å². The largest absolute Gasteiger partial charge is 0.478 e. The van der Waals surface area contributed by atoms with Gasteiger partial charge in [0, 0.05) is 11.6 Å². The second-order valence-electron chi connectivity index (χ2n) is 4.00. The number of nitrogens with zero attached hydrogens (tertiary/aromatic N) is 1. The maximum atomic E-state index is 11.8. The van der Waals surface area contributed by atoms with Crippen molar-refractivity contribution < 1.29 is 19.2 Å². The van der Waals surface area contributed by atoms with Gasteiger partial charge in [-0.3, -0.25) is 4.79 Å². The van der Waals surface area contributed by atoms with Crippen LogP contribution in [0.1, 0.15) is 32.2 Å². The topological polar surface area (TPSA) is 92.4 Å². The van der Waals surface area contributed by atoms with Crippen LogP contribution in [-0.4, -0.2) is 22.1 Å². The van der Waals surface area contributed by atoms with Gasteiger partial charge in [-0.15, -0.1) is 0 Å². The van der Waals surface area contributed by atoms with E-state index < -0.39 is 5.97 Å². The van der Waals surface area contributed by atoms with Gasteiger partial charge in [-0.2, -0.15) is 0 Å². The quantitative estimate of drug-likeness (QED) is 0.871. The molecule has 1 aromatic heterocycles. The van der Waals surface area contributed by atoms with Crippen molar-refractivity contribution in [1.29, 1.82) is 0 Å². The highest BCUT2D eigenvalue weighted by Gasteiger charge is 2.08. The van der Waals surface area contributed by atoms with Crippen molar-refractivity contribution in [3.05, 3.63) is 52.9 Å². The van der Waals surface area contributed by atoms with Gasteiger partial charge in [-0.1, -0.05) is 5.16 Å². The lowest BCUT2D eigenvalue weighted by Gasteiger charge is -2.03. The molecule has 2 aromatic rings. The van der Waals surface area contributed by atoms with E-state index in [9.17, 15) is 9.59 Å². The van der Waals surface area contributed by atoms with E-state index in [2.05, 4.69) is 10.5 Å². The summed E-state index contributed by atoms with van der Waals surface area (Å²) in [5, 5.41) is 15.1. The molecule has 2 rings (SSSR count). The normalized spacial score (nSPS) is 10.2. The van der Waals surface area contributed by atoms with Gasteiger partial charge < -0.3 is 14.9 Å². The fourth-order valence-corrected chi connectivity index (χ4v) is 1.53. The van der Waals surface area contributed by atoms with Crippen LogP contribution in [0.5, 0.6) is 0 Å². The molecule has 98 valence electrons. The van der Waals surface area contributed by atoms with E-state index >= 15 is 0 Å². The maximum Gasteiger partial charge on any atom is 0.335 e. The Balaban J connectivity index is 1.98. The Kier molecular flexibility index (Phi) is 3.61. The molecule has 0 unspecified atom stereocenters. The third kappa shape index (κ3) is 3.19. The molecule has 0 bridgehead atoms. The van der Waals surface area contributed by atoms with Crippen LogP contribution in [0.4, 0.5) is 0 Å². The molecule has 1 aromatic carbocycles. The number of hydrogen-bond acceptors (Lipinski definition) is 4. The number of nitrogens with one attached hydrogen (secondary N) is 1. The number of benzene rings is 1. The minimum absolute atomic E-state index is 0.141. The van der Waals surface area contributed by atoms with Crippen LogP contribution in [0.3, 0.4) is 0 Å². The van der Waals surface area contributed by atoms with Gasteiger partial charge in [0.2, 0.25) is 0 Å². The number of carbonyl (C=O) groups is 2. The average Bonchev–Trinajstić information content (AvgIpc) is 2.82. The maximum absolute atomic E-state index is 11.8. The van der Waals surface area contributed by atoms with E-state index in [0.717, 1.165) is 5.69 Å². The molecule has 0 radical (unpaired) electrons. The molecule has 0 aliphatic rings. The summed E-state index contributed by atoms with van der Waals surface area (Å²) in [4.78, 5) is 22.5. The molecular formula is C13H12N2O4. The van der Waals surface area contributed by atoms with E-state index in [0.29, 0.717) is 11.3 Å². The smallest absolute Gasteiger partial charge is 0.335 e. The number of aryl methyl sites for hydroxylation is 1. The molecule has 0 aliphatic heterocycles. The van der Waals surface area contributed by atoms with Crippen LogP contribution in [0.25, 0.3) is 0 Å². The van der Waals surface area contributed by atoms with Gasteiger partial charge in [0.1, 0.15) is 0 Å². The van der Waals surface area contributed by atoms with E-state index in [1.807, 2.05) is 0 Å². The van der Waals surface area contributed by atoms with E-state index in [4.69, 9.17) is 9.63 Å². The van der Waals surface area contributed by atoms with Crippen LogP contribution in [0.15, 0.2) is 34.9 Å². The molecule has 0 fully saturated rings. The Labute approximate surface area is 109 Å². The number of amides is 1. The van der Waals surface area contributed by atoms with Gasteiger partial charge in [-0.05, 0) is 31.2 Å². The lowest BCUT2D eigenvalue weighted by Crippen LogP contribution is -2.22. The van der Waals surface area contributed by atoms with Crippen molar-refractivity contribution in [3.63, 3.8) is 0 Å². The predicted molar refractivity (Wildman–Crippen MR) is 65.8 cm³/mol. The molecule has 1 heterocycles. The molecule has 6 heteroatoms. The molecular weight excluding hydrogens is 248 g/mol. The Morgan fingerprint density at radius 2 is 1.89 bits per heavy atom. The van der Waals surface area contributed by atoms with Gasteiger partial charge in [-0.25, -0.2) is 4.79 Å². The summed E-state index contributed by atoms with van der Waals surface area (Å²) in [6.45, 7) is 2.03. The zero-order valence-electron chi connectivity index (χ0n) is 10.2. The number of carboxylic acid groups (broad SMARTS) is 1. The van der Waals surface area contributed by atoms with Crippen molar-refractivity contribution in [2.24, 2.45) is 0 Å². The average molecular weight is 260 g/mol. The zero-order valence-corrected chi connectivity index (χ0v) is 10.2. The summed E-state index contributed by atoms with van der Waals surface area (Å²) in [5.74, 6) is -0.761. The van der Waals surface area contributed by atoms with Gasteiger partial charge in [0.15, 0.2) is 5.76 Å². The Hall–Kier alpha value is -2.63. The number of carbonyl (C=O) groups excluding carboxylic acids is 1. The van der Waals surface area contributed by atoms with Crippen LogP contribution in [0, 0.1) is 6.92 Å². The van der Waals surface area contributed by atoms with E-state index in [1.165, 1.54) is 24.3 Å². The summed E-state index contributed by atoms with van der Waals surface area (Å²) in [5.41, 5.74) is 1.28. The number of hydrogen-bond donors (Lipinski definition) is 2.